The molecular weight excluding hydrogens is 366 g/mol. The maximum Gasteiger partial charge on any atom is 0.269 e. The van der Waals surface area contributed by atoms with E-state index < -0.39 is 14.9 Å². The van der Waals surface area contributed by atoms with E-state index in [1.807, 2.05) is 18.2 Å². The van der Waals surface area contributed by atoms with Crippen molar-refractivity contribution in [3.05, 3.63) is 75.8 Å². The molecule has 1 aliphatic rings. The van der Waals surface area contributed by atoms with Gasteiger partial charge in [-0.05, 0) is 24.0 Å². The van der Waals surface area contributed by atoms with Crippen LogP contribution < -0.4 is 4.72 Å². The molecule has 144 valence electrons. The zero-order chi connectivity index (χ0) is 19.3. The molecule has 0 unspecified atom stereocenters. The average Bonchev–Trinajstić information content (AvgIpc) is 2.64. The molecule has 2 aromatic rings. The predicted molar refractivity (Wildman–Crippen MR) is 104 cm³/mol. The molecule has 0 spiro atoms. The molecule has 1 N–H and O–H groups in total. The molecule has 0 aromatic heterocycles. The van der Waals surface area contributed by atoms with Crippen molar-refractivity contribution in [1.29, 1.82) is 0 Å². The molecule has 1 heterocycles. The van der Waals surface area contributed by atoms with Crippen LogP contribution >= 0.6 is 0 Å². The highest BCUT2D eigenvalue weighted by Crippen LogP contribution is 2.17. The van der Waals surface area contributed by atoms with Crippen LogP contribution in [0, 0.1) is 10.1 Å². The Bertz CT molecular complexity index is 862. The van der Waals surface area contributed by atoms with Gasteiger partial charge in [-0.2, -0.15) is 0 Å². The van der Waals surface area contributed by atoms with Crippen molar-refractivity contribution in [3.8, 4) is 0 Å². The first-order valence-electron chi connectivity index (χ1n) is 8.91. The number of likely N-dealkylation sites (tertiary alicyclic amines) is 1. The highest BCUT2D eigenvalue weighted by Gasteiger charge is 2.24. The summed E-state index contributed by atoms with van der Waals surface area (Å²) in [6.45, 7) is 2.57. The maximum atomic E-state index is 12.4. The van der Waals surface area contributed by atoms with Crippen molar-refractivity contribution in [2.24, 2.45) is 0 Å². The normalized spacial score (nSPS) is 16.3. The monoisotopic (exact) mass is 389 g/mol. The zero-order valence-corrected chi connectivity index (χ0v) is 15.8. The average molecular weight is 389 g/mol. The standard InChI is InChI=1S/C19H23N3O4S/c23-22(24)19-8-6-17(7-9-19)15-27(25,26)20-18-10-12-21(13-11-18)14-16-4-2-1-3-5-16/h1-9,18,20H,10-15H2. The summed E-state index contributed by atoms with van der Waals surface area (Å²) in [5.41, 5.74) is 1.75. The Morgan fingerprint density at radius 2 is 1.63 bits per heavy atom. The smallest absolute Gasteiger partial charge is 0.269 e. The molecule has 0 saturated carbocycles. The summed E-state index contributed by atoms with van der Waals surface area (Å²) in [6, 6.07) is 15.8. The SMILES string of the molecule is O=[N+]([O-])c1ccc(CS(=O)(=O)NC2CCN(Cc3ccccc3)CC2)cc1. The summed E-state index contributed by atoms with van der Waals surface area (Å²) in [5.74, 6) is -0.171. The summed E-state index contributed by atoms with van der Waals surface area (Å²) in [4.78, 5) is 12.5. The van der Waals surface area contributed by atoms with Crippen LogP contribution in [0.2, 0.25) is 0 Å². The van der Waals surface area contributed by atoms with Gasteiger partial charge in [-0.1, -0.05) is 42.5 Å². The van der Waals surface area contributed by atoms with Gasteiger partial charge >= 0.3 is 0 Å². The number of sulfonamides is 1. The number of nitrogens with one attached hydrogen (secondary N) is 1. The minimum absolute atomic E-state index is 0.0464. The lowest BCUT2D eigenvalue weighted by atomic mass is 10.1. The fourth-order valence-corrected chi connectivity index (χ4v) is 4.74. The molecule has 0 atom stereocenters. The summed E-state index contributed by atoms with van der Waals surface area (Å²) in [5, 5.41) is 10.7. The zero-order valence-electron chi connectivity index (χ0n) is 15.0. The predicted octanol–water partition coefficient (Wildman–Crippen LogP) is 2.68. The molecule has 3 rings (SSSR count). The summed E-state index contributed by atoms with van der Waals surface area (Å²) in [6.07, 6.45) is 1.54. The minimum Gasteiger partial charge on any atom is -0.299 e. The van der Waals surface area contributed by atoms with Crippen LogP contribution in [-0.4, -0.2) is 37.4 Å². The molecule has 7 nitrogen and oxygen atoms in total. The first-order valence-corrected chi connectivity index (χ1v) is 10.6. The Hall–Kier alpha value is -2.29. The first kappa shape index (κ1) is 19.5. The topological polar surface area (TPSA) is 92.5 Å². The second-order valence-corrected chi connectivity index (χ2v) is 8.59. The van der Waals surface area contributed by atoms with Crippen LogP contribution in [0.15, 0.2) is 54.6 Å². The second kappa shape index (κ2) is 8.60. The number of hydrogen-bond donors (Lipinski definition) is 1. The van der Waals surface area contributed by atoms with E-state index in [1.165, 1.54) is 29.8 Å². The Kier molecular flexibility index (Phi) is 6.20. The van der Waals surface area contributed by atoms with Gasteiger partial charge in [0.25, 0.3) is 5.69 Å². The molecular formula is C19H23N3O4S. The highest BCUT2D eigenvalue weighted by atomic mass is 32.2. The van der Waals surface area contributed by atoms with E-state index in [0.717, 1.165) is 32.5 Å². The number of nitro groups is 1. The molecule has 1 aliphatic heterocycles. The number of rotatable bonds is 7. The molecule has 2 aromatic carbocycles. The van der Waals surface area contributed by atoms with Crippen molar-refractivity contribution in [3.63, 3.8) is 0 Å². The number of benzene rings is 2. The van der Waals surface area contributed by atoms with Crippen molar-refractivity contribution >= 4 is 15.7 Å². The van der Waals surface area contributed by atoms with E-state index in [2.05, 4.69) is 21.8 Å². The Morgan fingerprint density at radius 1 is 1.00 bits per heavy atom. The Labute approximate surface area is 159 Å². The van der Waals surface area contributed by atoms with E-state index in [1.54, 1.807) is 0 Å². The quantitative estimate of drug-likeness (QED) is 0.581. The lowest BCUT2D eigenvalue weighted by molar-refractivity contribution is -0.384. The van der Waals surface area contributed by atoms with Crippen molar-refractivity contribution in [1.82, 2.24) is 9.62 Å². The van der Waals surface area contributed by atoms with Gasteiger partial charge in [-0.15, -0.1) is 0 Å². The maximum absolute atomic E-state index is 12.4. The van der Waals surface area contributed by atoms with Gasteiger partial charge < -0.3 is 0 Å². The summed E-state index contributed by atoms with van der Waals surface area (Å²) < 4.78 is 27.6. The number of nitrogens with zero attached hydrogens (tertiary/aromatic N) is 2. The molecule has 0 bridgehead atoms. The largest absolute Gasteiger partial charge is 0.299 e. The van der Waals surface area contributed by atoms with Crippen LogP contribution in [0.25, 0.3) is 0 Å². The lowest BCUT2D eigenvalue weighted by Gasteiger charge is -2.32. The fraction of sp³-hybridized carbons (Fsp3) is 0.368. The van der Waals surface area contributed by atoms with Gasteiger partial charge in [0.2, 0.25) is 10.0 Å². The second-order valence-electron chi connectivity index (χ2n) is 6.84. The fourth-order valence-electron chi connectivity index (χ4n) is 3.28. The number of nitro benzene ring substituents is 1. The molecule has 0 radical (unpaired) electrons. The number of non-ortho nitro benzene ring substituents is 1. The van der Waals surface area contributed by atoms with E-state index >= 15 is 0 Å². The lowest BCUT2D eigenvalue weighted by Crippen LogP contribution is -2.44. The van der Waals surface area contributed by atoms with Crippen LogP contribution in [0.4, 0.5) is 5.69 Å². The van der Waals surface area contributed by atoms with Crippen molar-refractivity contribution in [2.45, 2.75) is 31.2 Å². The molecule has 27 heavy (non-hydrogen) atoms. The van der Waals surface area contributed by atoms with E-state index in [-0.39, 0.29) is 17.5 Å². The molecule has 8 heteroatoms. The van der Waals surface area contributed by atoms with Gasteiger partial charge in [0.05, 0.1) is 10.7 Å². The third-order valence-corrected chi connectivity index (χ3v) is 6.09. The molecule has 0 aliphatic carbocycles. The Balaban J connectivity index is 1.49. The van der Waals surface area contributed by atoms with Crippen LogP contribution in [-0.2, 0) is 22.3 Å². The van der Waals surface area contributed by atoms with Crippen LogP contribution in [0.1, 0.15) is 24.0 Å². The van der Waals surface area contributed by atoms with Gasteiger partial charge in [0, 0.05) is 37.8 Å². The van der Waals surface area contributed by atoms with Crippen molar-refractivity contribution < 1.29 is 13.3 Å². The van der Waals surface area contributed by atoms with E-state index in [9.17, 15) is 18.5 Å². The highest BCUT2D eigenvalue weighted by molar-refractivity contribution is 7.88. The van der Waals surface area contributed by atoms with Gasteiger partial charge in [0.1, 0.15) is 0 Å². The molecule has 0 amide bonds. The molecule has 1 fully saturated rings. The van der Waals surface area contributed by atoms with Crippen LogP contribution in [0.3, 0.4) is 0 Å². The van der Waals surface area contributed by atoms with Crippen molar-refractivity contribution in [2.75, 3.05) is 13.1 Å². The molecule has 1 saturated heterocycles. The van der Waals surface area contributed by atoms with Gasteiger partial charge in [0.15, 0.2) is 0 Å². The minimum atomic E-state index is -3.48. The summed E-state index contributed by atoms with van der Waals surface area (Å²) in [7, 11) is -3.48. The van der Waals surface area contributed by atoms with Gasteiger partial charge in [-0.25, -0.2) is 13.1 Å². The first-order chi connectivity index (χ1) is 12.9. The van der Waals surface area contributed by atoms with E-state index in [0.29, 0.717) is 5.56 Å². The third-order valence-electron chi connectivity index (χ3n) is 4.69. The van der Waals surface area contributed by atoms with Crippen LogP contribution in [0.5, 0.6) is 0 Å². The van der Waals surface area contributed by atoms with Gasteiger partial charge in [-0.3, -0.25) is 15.0 Å². The Morgan fingerprint density at radius 3 is 2.22 bits per heavy atom. The third kappa shape index (κ3) is 5.85. The summed E-state index contributed by atoms with van der Waals surface area (Å²) >= 11 is 0. The number of piperidine rings is 1. The number of hydrogen-bond acceptors (Lipinski definition) is 5. The van der Waals surface area contributed by atoms with E-state index in [4.69, 9.17) is 0 Å².